The highest BCUT2D eigenvalue weighted by Gasteiger charge is 2.04. The van der Waals surface area contributed by atoms with Crippen LogP contribution < -0.4 is 16.5 Å². The SMILES string of the molecule is C/C(CC(=O)NCc1ccco1)=N/NC(N)=S. The van der Waals surface area contributed by atoms with Gasteiger partial charge in [0.2, 0.25) is 5.91 Å². The minimum Gasteiger partial charge on any atom is -0.467 e. The largest absolute Gasteiger partial charge is 0.467 e. The summed E-state index contributed by atoms with van der Waals surface area (Å²) in [7, 11) is 0. The van der Waals surface area contributed by atoms with E-state index in [1.54, 1.807) is 25.3 Å². The molecule has 0 atom stereocenters. The molecule has 0 spiro atoms. The van der Waals surface area contributed by atoms with Gasteiger partial charge in [-0.3, -0.25) is 10.2 Å². The van der Waals surface area contributed by atoms with E-state index in [-0.39, 0.29) is 17.4 Å². The molecule has 17 heavy (non-hydrogen) atoms. The minimum atomic E-state index is -0.146. The fourth-order valence-corrected chi connectivity index (χ4v) is 1.13. The molecule has 0 saturated heterocycles. The molecule has 1 rings (SSSR count). The molecule has 0 aromatic carbocycles. The Hall–Kier alpha value is -1.89. The Morgan fingerprint density at radius 3 is 3.00 bits per heavy atom. The Balaban J connectivity index is 2.29. The highest BCUT2D eigenvalue weighted by atomic mass is 32.1. The molecule has 0 saturated carbocycles. The molecular weight excluding hydrogens is 240 g/mol. The van der Waals surface area contributed by atoms with Gasteiger partial charge in [0, 0.05) is 5.71 Å². The van der Waals surface area contributed by atoms with Crippen LogP contribution in [-0.4, -0.2) is 16.7 Å². The summed E-state index contributed by atoms with van der Waals surface area (Å²) in [6, 6.07) is 3.55. The van der Waals surface area contributed by atoms with Crippen molar-refractivity contribution >= 4 is 28.9 Å². The molecule has 1 amide bonds. The molecular formula is C10H14N4O2S. The Morgan fingerprint density at radius 1 is 1.65 bits per heavy atom. The Morgan fingerprint density at radius 2 is 2.41 bits per heavy atom. The number of carbonyl (C=O) groups is 1. The highest BCUT2D eigenvalue weighted by molar-refractivity contribution is 7.80. The monoisotopic (exact) mass is 254 g/mol. The average molecular weight is 254 g/mol. The molecule has 1 heterocycles. The van der Waals surface area contributed by atoms with Crippen LogP contribution in [0.2, 0.25) is 0 Å². The topological polar surface area (TPSA) is 92.6 Å². The van der Waals surface area contributed by atoms with Crippen molar-refractivity contribution in [2.75, 3.05) is 0 Å². The zero-order chi connectivity index (χ0) is 12.7. The van der Waals surface area contributed by atoms with E-state index >= 15 is 0 Å². The third-order valence-electron chi connectivity index (χ3n) is 1.81. The van der Waals surface area contributed by atoms with Gasteiger partial charge in [0.1, 0.15) is 5.76 Å². The Labute approximate surface area is 104 Å². The quantitative estimate of drug-likeness (QED) is 0.404. The van der Waals surface area contributed by atoms with Crippen LogP contribution in [0.3, 0.4) is 0 Å². The fraction of sp³-hybridized carbons (Fsp3) is 0.300. The lowest BCUT2D eigenvalue weighted by atomic mass is 10.3. The summed E-state index contributed by atoms with van der Waals surface area (Å²) in [6.07, 6.45) is 1.73. The predicted octanol–water partition coefficient (Wildman–Crippen LogP) is 0.495. The highest BCUT2D eigenvalue weighted by Crippen LogP contribution is 1.98. The average Bonchev–Trinajstić information content (AvgIpc) is 2.76. The number of rotatable bonds is 5. The zero-order valence-corrected chi connectivity index (χ0v) is 10.2. The van der Waals surface area contributed by atoms with Crippen molar-refractivity contribution in [1.29, 1.82) is 0 Å². The number of amides is 1. The summed E-state index contributed by atoms with van der Waals surface area (Å²) < 4.78 is 5.08. The van der Waals surface area contributed by atoms with Crippen molar-refractivity contribution < 1.29 is 9.21 Å². The molecule has 0 aliphatic carbocycles. The minimum absolute atomic E-state index is 0.0698. The number of nitrogens with zero attached hydrogens (tertiary/aromatic N) is 1. The van der Waals surface area contributed by atoms with Gasteiger partial charge in [-0.25, -0.2) is 0 Å². The van der Waals surface area contributed by atoms with Crippen LogP contribution in [0.1, 0.15) is 19.1 Å². The first kappa shape index (κ1) is 13.2. The lowest BCUT2D eigenvalue weighted by Gasteiger charge is -2.03. The van der Waals surface area contributed by atoms with Gasteiger partial charge in [0.25, 0.3) is 0 Å². The van der Waals surface area contributed by atoms with Crippen LogP contribution in [-0.2, 0) is 11.3 Å². The molecule has 7 heteroatoms. The maximum Gasteiger partial charge on any atom is 0.226 e. The lowest BCUT2D eigenvalue weighted by Crippen LogP contribution is -2.28. The smallest absolute Gasteiger partial charge is 0.226 e. The van der Waals surface area contributed by atoms with Crippen LogP contribution in [0.25, 0.3) is 0 Å². The van der Waals surface area contributed by atoms with E-state index in [0.717, 1.165) is 0 Å². The summed E-state index contributed by atoms with van der Waals surface area (Å²) in [5.41, 5.74) is 8.21. The number of nitrogens with one attached hydrogen (secondary N) is 2. The first-order valence-electron chi connectivity index (χ1n) is 4.95. The standard InChI is InChI=1S/C10H14N4O2S/c1-7(13-14-10(11)17)5-9(15)12-6-8-3-2-4-16-8/h2-4H,5-6H2,1H3,(H,12,15)(H3,11,14,17)/b13-7-. The fourth-order valence-electron chi connectivity index (χ4n) is 1.08. The van der Waals surface area contributed by atoms with Gasteiger partial charge in [0.05, 0.1) is 19.2 Å². The van der Waals surface area contributed by atoms with Crippen molar-refractivity contribution in [3.63, 3.8) is 0 Å². The molecule has 1 aromatic heterocycles. The number of hydrazone groups is 1. The molecule has 0 bridgehead atoms. The van der Waals surface area contributed by atoms with E-state index in [1.807, 2.05) is 0 Å². The molecule has 6 nitrogen and oxygen atoms in total. The van der Waals surface area contributed by atoms with Crippen molar-refractivity contribution in [2.24, 2.45) is 10.8 Å². The summed E-state index contributed by atoms with van der Waals surface area (Å²) in [5.74, 6) is 0.557. The molecule has 0 aliphatic heterocycles. The molecule has 4 N–H and O–H groups in total. The third kappa shape index (κ3) is 5.67. The zero-order valence-electron chi connectivity index (χ0n) is 9.40. The van der Waals surface area contributed by atoms with Gasteiger partial charge in [-0.15, -0.1) is 0 Å². The summed E-state index contributed by atoms with van der Waals surface area (Å²) >= 11 is 4.58. The van der Waals surface area contributed by atoms with E-state index in [2.05, 4.69) is 28.1 Å². The number of thiocarbonyl (C=S) groups is 1. The first-order chi connectivity index (χ1) is 8.08. The van der Waals surface area contributed by atoms with E-state index in [1.165, 1.54) is 0 Å². The number of hydrogen-bond donors (Lipinski definition) is 3. The molecule has 0 radical (unpaired) electrons. The normalized spacial score (nSPS) is 11.0. The van der Waals surface area contributed by atoms with E-state index in [0.29, 0.717) is 18.0 Å². The van der Waals surface area contributed by atoms with E-state index in [4.69, 9.17) is 10.2 Å². The van der Waals surface area contributed by atoms with Gasteiger partial charge >= 0.3 is 0 Å². The number of carbonyl (C=O) groups excluding carboxylic acids is 1. The third-order valence-corrected chi connectivity index (χ3v) is 1.90. The maximum absolute atomic E-state index is 11.5. The van der Waals surface area contributed by atoms with E-state index < -0.39 is 0 Å². The first-order valence-corrected chi connectivity index (χ1v) is 5.36. The molecule has 0 fully saturated rings. The van der Waals surface area contributed by atoms with Gasteiger partial charge in [-0.1, -0.05) is 0 Å². The second-order valence-corrected chi connectivity index (χ2v) is 3.80. The second kappa shape index (κ2) is 6.64. The van der Waals surface area contributed by atoms with Crippen molar-refractivity contribution in [3.8, 4) is 0 Å². The second-order valence-electron chi connectivity index (χ2n) is 3.36. The van der Waals surface area contributed by atoms with Crippen LogP contribution in [0, 0.1) is 0 Å². The van der Waals surface area contributed by atoms with Crippen LogP contribution >= 0.6 is 12.2 Å². The predicted molar refractivity (Wildman–Crippen MR) is 68.2 cm³/mol. The molecule has 1 aromatic rings. The summed E-state index contributed by atoms with van der Waals surface area (Å²) in [6.45, 7) is 2.07. The number of hydrogen-bond acceptors (Lipinski definition) is 4. The van der Waals surface area contributed by atoms with Crippen LogP contribution in [0.4, 0.5) is 0 Å². The lowest BCUT2D eigenvalue weighted by molar-refractivity contribution is -0.120. The Bertz CT molecular complexity index is 414. The summed E-state index contributed by atoms with van der Waals surface area (Å²) in [4.78, 5) is 11.5. The van der Waals surface area contributed by atoms with Gasteiger partial charge < -0.3 is 15.5 Å². The van der Waals surface area contributed by atoms with Gasteiger partial charge in [-0.05, 0) is 31.3 Å². The van der Waals surface area contributed by atoms with Crippen molar-refractivity contribution in [2.45, 2.75) is 19.9 Å². The molecule has 0 aliphatic rings. The maximum atomic E-state index is 11.5. The van der Waals surface area contributed by atoms with Crippen LogP contribution in [0.15, 0.2) is 27.9 Å². The van der Waals surface area contributed by atoms with Gasteiger partial charge in [0.15, 0.2) is 5.11 Å². The van der Waals surface area contributed by atoms with E-state index in [9.17, 15) is 4.79 Å². The van der Waals surface area contributed by atoms with Crippen molar-refractivity contribution in [3.05, 3.63) is 24.2 Å². The van der Waals surface area contributed by atoms with Gasteiger partial charge in [-0.2, -0.15) is 5.10 Å². The molecule has 0 unspecified atom stereocenters. The Kier molecular flexibility index (Phi) is 5.15. The van der Waals surface area contributed by atoms with Crippen molar-refractivity contribution in [1.82, 2.24) is 10.7 Å². The number of nitrogens with two attached hydrogens (primary N) is 1. The van der Waals surface area contributed by atoms with Crippen LogP contribution in [0.5, 0.6) is 0 Å². The molecule has 92 valence electrons. The number of furan rings is 1. The summed E-state index contributed by atoms with van der Waals surface area (Å²) in [5, 5.41) is 6.59.